The van der Waals surface area contributed by atoms with Crippen molar-refractivity contribution in [2.24, 2.45) is 5.92 Å². The second kappa shape index (κ2) is 5.71. The monoisotopic (exact) mass is 244 g/mol. The third kappa shape index (κ3) is 3.36. The predicted octanol–water partition coefficient (Wildman–Crippen LogP) is 2.54. The quantitative estimate of drug-likeness (QED) is 0.642. The second-order valence-corrected chi connectivity index (χ2v) is 5.01. The maximum Gasteiger partial charge on any atom is 0.246 e. The van der Waals surface area contributed by atoms with Gasteiger partial charge in [0.15, 0.2) is 0 Å². The van der Waals surface area contributed by atoms with E-state index in [1.54, 1.807) is 6.08 Å². The van der Waals surface area contributed by atoms with Crippen LogP contribution in [-0.2, 0) is 4.79 Å². The number of rotatable bonds is 2. The Morgan fingerprint density at radius 2 is 1.89 bits per heavy atom. The number of nitrogens with two attached hydrogens (primary N) is 1. The van der Waals surface area contributed by atoms with Crippen molar-refractivity contribution in [3.8, 4) is 0 Å². The van der Waals surface area contributed by atoms with E-state index in [1.165, 1.54) is 0 Å². The number of nitrogens with zero attached hydrogens (tertiary/aromatic N) is 1. The number of carbonyl (C=O) groups excluding carboxylic acids is 1. The van der Waals surface area contributed by atoms with Crippen LogP contribution in [0.4, 0.5) is 5.69 Å². The number of carbonyl (C=O) groups is 1. The molecule has 1 saturated heterocycles. The lowest BCUT2D eigenvalue weighted by atomic mass is 9.99. The highest BCUT2D eigenvalue weighted by molar-refractivity contribution is 5.91. The molecule has 1 aromatic carbocycles. The summed E-state index contributed by atoms with van der Waals surface area (Å²) in [6.45, 7) is 4.00. The Bertz CT molecular complexity index is 428. The summed E-state index contributed by atoms with van der Waals surface area (Å²) < 4.78 is 0. The summed E-state index contributed by atoms with van der Waals surface area (Å²) in [5.41, 5.74) is 7.36. The van der Waals surface area contributed by atoms with E-state index in [9.17, 15) is 4.79 Å². The molecule has 0 aromatic heterocycles. The summed E-state index contributed by atoms with van der Waals surface area (Å²) in [4.78, 5) is 13.9. The number of hydrogen-bond acceptors (Lipinski definition) is 2. The molecule has 0 bridgehead atoms. The number of nitrogen functional groups attached to an aromatic ring is 1. The van der Waals surface area contributed by atoms with Gasteiger partial charge in [-0.1, -0.05) is 19.1 Å². The fourth-order valence-corrected chi connectivity index (χ4v) is 2.11. The minimum atomic E-state index is 0.110. The van der Waals surface area contributed by atoms with Gasteiger partial charge in [0.1, 0.15) is 0 Å². The van der Waals surface area contributed by atoms with Gasteiger partial charge in [-0.2, -0.15) is 0 Å². The maximum absolute atomic E-state index is 12.0. The lowest BCUT2D eigenvalue weighted by molar-refractivity contribution is -0.127. The van der Waals surface area contributed by atoms with Crippen molar-refractivity contribution in [3.63, 3.8) is 0 Å². The Morgan fingerprint density at radius 3 is 2.50 bits per heavy atom. The lowest BCUT2D eigenvalue weighted by Gasteiger charge is -2.29. The second-order valence-electron chi connectivity index (χ2n) is 5.01. The van der Waals surface area contributed by atoms with Crippen molar-refractivity contribution < 1.29 is 4.79 Å². The highest BCUT2D eigenvalue weighted by Gasteiger charge is 2.18. The fraction of sp³-hybridized carbons (Fsp3) is 0.400. The van der Waals surface area contributed by atoms with E-state index in [1.807, 2.05) is 35.2 Å². The lowest BCUT2D eigenvalue weighted by Crippen LogP contribution is -2.36. The van der Waals surface area contributed by atoms with Crippen molar-refractivity contribution in [2.75, 3.05) is 18.8 Å². The van der Waals surface area contributed by atoms with E-state index in [-0.39, 0.29) is 5.91 Å². The molecule has 1 aromatic rings. The van der Waals surface area contributed by atoms with E-state index in [4.69, 9.17) is 5.73 Å². The van der Waals surface area contributed by atoms with Crippen LogP contribution in [0.3, 0.4) is 0 Å². The normalized spacial score (nSPS) is 17.3. The molecule has 0 aliphatic carbocycles. The van der Waals surface area contributed by atoms with Crippen molar-refractivity contribution in [3.05, 3.63) is 35.9 Å². The van der Waals surface area contributed by atoms with Gasteiger partial charge in [0.05, 0.1) is 0 Å². The maximum atomic E-state index is 12.0. The van der Waals surface area contributed by atoms with Gasteiger partial charge >= 0.3 is 0 Å². The third-order valence-electron chi connectivity index (χ3n) is 3.45. The van der Waals surface area contributed by atoms with Gasteiger partial charge in [0.2, 0.25) is 5.91 Å². The molecule has 1 aliphatic rings. The van der Waals surface area contributed by atoms with Gasteiger partial charge in [-0.15, -0.1) is 0 Å². The highest BCUT2D eigenvalue weighted by Crippen LogP contribution is 2.16. The van der Waals surface area contributed by atoms with Crippen LogP contribution in [0.25, 0.3) is 6.08 Å². The number of amides is 1. The van der Waals surface area contributed by atoms with E-state index in [0.717, 1.165) is 43.1 Å². The van der Waals surface area contributed by atoms with Crippen molar-refractivity contribution in [1.82, 2.24) is 4.90 Å². The summed E-state index contributed by atoms with van der Waals surface area (Å²) in [6, 6.07) is 7.51. The molecule has 1 heterocycles. The molecule has 0 atom stereocenters. The number of hydrogen-bond donors (Lipinski definition) is 1. The van der Waals surface area contributed by atoms with Gasteiger partial charge in [-0.25, -0.2) is 0 Å². The molecule has 3 heteroatoms. The van der Waals surface area contributed by atoms with Crippen LogP contribution in [-0.4, -0.2) is 23.9 Å². The summed E-state index contributed by atoms with van der Waals surface area (Å²) in [5, 5.41) is 0. The molecule has 0 unspecified atom stereocenters. The summed E-state index contributed by atoms with van der Waals surface area (Å²) in [5.74, 6) is 0.855. The van der Waals surface area contributed by atoms with E-state index < -0.39 is 0 Å². The minimum Gasteiger partial charge on any atom is -0.399 e. The summed E-state index contributed by atoms with van der Waals surface area (Å²) in [6.07, 6.45) is 5.73. The molecule has 1 amide bonds. The van der Waals surface area contributed by atoms with Gasteiger partial charge in [0, 0.05) is 24.9 Å². The van der Waals surface area contributed by atoms with Gasteiger partial charge in [-0.05, 0) is 42.5 Å². The number of benzene rings is 1. The first kappa shape index (κ1) is 12.7. The Balaban J connectivity index is 1.92. The van der Waals surface area contributed by atoms with Gasteiger partial charge in [-0.3, -0.25) is 4.79 Å². The first-order valence-corrected chi connectivity index (χ1v) is 6.47. The Labute approximate surface area is 108 Å². The zero-order valence-corrected chi connectivity index (χ0v) is 10.8. The van der Waals surface area contributed by atoms with Crippen LogP contribution in [0.1, 0.15) is 25.3 Å². The highest BCUT2D eigenvalue weighted by atomic mass is 16.2. The molecular formula is C15H20N2O. The van der Waals surface area contributed by atoms with Crippen LogP contribution in [0.15, 0.2) is 30.3 Å². The average Bonchev–Trinajstić information content (AvgIpc) is 2.38. The molecule has 3 nitrogen and oxygen atoms in total. The van der Waals surface area contributed by atoms with Gasteiger partial charge < -0.3 is 10.6 Å². The van der Waals surface area contributed by atoms with Crippen LogP contribution in [0, 0.1) is 5.92 Å². The molecule has 96 valence electrons. The Kier molecular flexibility index (Phi) is 4.03. The smallest absolute Gasteiger partial charge is 0.246 e. The molecule has 0 saturated carbocycles. The van der Waals surface area contributed by atoms with E-state index in [2.05, 4.69) is 6.92 Å². The van der Waals surface area contributed by atoms with E-state index in [0.29, 0.717) is 0 Å². The minimum absolute atomic E-state index is 0.110. The Morgan fingerprint density at radius 1 is 1.28 bits per heavy atom. The molecule has 2 rings (SSSR count). The van der Waals surface area contributed by atoms with Crippen LogP contribution in [0.5, 0.6) is 0 Å². The first-order valence-electron chi connectivity index (χ1n) is 6.47. The van der Waals surface area contributed by atoms with Crippen molar-refractivity contribution in [1.29, 1.82) is 0 Å². The fourth-order valence-electron chi connectivity index (χ4n) is 2.11. The first-order chi connectivity index (χ1) is 8.65. The number of likely N-dealkylation sites (tertiary alicyclic amines) is 1. The third-order valence-corrected chi connectivity index (χ3v) is 3.45. The summed E-state index contributed by atoms with van der Waals surface area (Å²) in [7, 11) is 0. The Hall–Kier alpha value is -1.77. The SMILES string of the molecule is CC1CCN(C(=O)/C=C/c2ccc(N)cc2)CC1. The molecule has 0 radical (unpaired) electrons. The zero-order chi connectivity index (χ0) is 13.0. The molecule has 1 aliphatic heterocycles. The van der Waals surface area contributed by atoms with Crippen LogP contribution >= 0.6 is 0 Å². The van der Waals surface area contributed by atoms with Crippen LogP contribution < -0.4 is 5.73 Å². The molecule has 2 N–H and O–H groups in total. The topological polar surface area (TPSA) is 46.3 Å². The number of piperidine rings is 1. The standard InChI is InChI=1S/C15H20N2O/c1-12-8-10-17(11-9-12)15(18)7-4-13-2-5-14(16)6-3-13/h2-7,12H,8-11,16H2,1H3/b7-4+. The molecule has 0 spiro atoms. The molecular weight excluding hydrogens is 224 g/mol. The molecule has 18 heavy (non-hydrogen) atoms. The van der Waals surface area contributed by atoms with E-state index >= 15 is 0 Å². The van der Waals surface area contributed by atoms with Crippen LogP contribution in [0.2, 0.25) is 0 Å². The van der Waals surface area contributed by atoms with Crippen molar-refractivity contribution in [2.45, 2.75) is 19.8 Å². The predicted molar refractivity (Wildman–Crippen MR) is 74.9 cm³/mol. The molecule has 1 fully saturated rings. The zero-order valence-electron chi connectivity index (χ0n) is 10.8. The van der Waals surface area contributed by atoms with Gasteiger partial charge in [0.25, 0.3) is 0 Å². The summed E-state index contributed by atoms with van der Waals surface area (Å²) >= 11 is 0. The van der Waals surface area contributed by atoms with Crippen molar-refractivity contribution >= 4 is 17.7 Å². The number of anilines is 1. The average molecular weight is 244 g/mol. The largest absolute Gasteiger partial charge is 0.399 e.